The van der Waals surface area contributed by atoms with Crippen LogP contribution < -0.4 is 0 Å². The summed E-state index contributed by atoms with van der Waals surface area (Å²) in [6, 6.07) is 0. The van der Waals surface area contributed by atoms with E-state index in [2.05, 4.69) is 10.1 Å². The number of nitrogens with zero attached hydrogens (tertiary/aromatic N) is 2. The zero-order valence-electron chi connectivity index (χ0n) is 5.30. The molecule has 3 nitrogen and oxygen atoms in total. The van der Waals surface area contributed by atoms with Crippen LogP contribution in [-0.4, -0.2) is 4.98 Å². The third-order valence-corrected chi connectivity index (χ3v) is 2.08. The van der Waals surface area contributed by atoms with Crippen LogP contribution in [0.4, 0.5) is 5.13 Å². The first-order valence-electron chi connectivity index (χ1n) is 2.55. The Morgan fingerprint density at radius 2 is 2.22 bits per heavy atom. The highest BCUT2D eigenvalue weighted by Gasteiger charge is 1.99. The smallest absolute Gasteiger partial charge is 0.222 e. The first-order chi connectivity index (χ1) is 4.24. The van der Waals surface area contributed by atoms with E-state index in [9.17, 15) is 0 Å². The van der Waals surface area contributed by atoms with E-state index in [1.807, 2.05) is 13.8 Å². The Hall–Kier alpha value is -0.770. The van der Waals surface area contributed by atoms with Gasteiger partial charge in [0.25, 0.3) is 0 Å². The lowest BCUT2D eigenvalue weighted by Gasteiger charge is -1.77. The monoisotopic (exact) mass is 141 g/mol. The third-order valence-electron chi connectivity index (χ3n) is 1.11. The van der Waals surface area contributed by atoms with Crippen LogP contribution in [-0.2, 0) is 0 Å². The van der Waals surface area contributed by atoms with E-state index in [0.717, 1.165) is 10.6 Å². The van der Waals surface area contributed by atoms with Crippen molar-refractivity contribution in [2.45, 2.75) is 13.8 Å². The van der Waals surface area contributed by atoms with E-state index in [1.165, 1.54) is 11.3 Å². The summed E-state index contributed by atoms with van der Waals surface area (Å²) >= 11 is 1.45. The summed E-state index contributed by atoms with van der Waals surface area (Å²) in [5, 5.41) is 3.76. The molecular formula is C5H7N3S. The van der Waals surface area contributed by atoms with Crippen LogP contribution in [0.1, 0.15) is 10.6 Å². The van der Waals surface area contributed by atoms with Crippen molar-refractivity contribution in [1.82, 2.24) is 4.98 Å². The van der Waals surface area contributed by atoms with Gasteiger partial charge in [-0.3, -0.25) is 0 Å². The van der Waals surface area contributed by atoms with Gasteiger partial charge in [0.15, 0.2) is 0 Å². The highest BCUT2D eigenvalue weighted by molar-refractivity contribution is 7.15. The van der Waals surface area contributed by atoms with Crippen molar-refractivity contribution < 1.29 is 0 Å². The average molecular weight is 141 g/mol. The van der Waals surface area contributed by atoms with Crippen molar-refractivity contribution in [3.05, 3.63) is 10.6 Å². The van der Waals surface area contributed by atoms with Gasteiger partial charge in [-0.1, -0.05) is 11.3 Å². The zero-order chi connectivity index (χ0) is 6.85. The molecule has 4 heteroatoms. The summed E-state index contributed by atoms with van der Waals surface area (Å²) in [7, 11) is 0. The second kappa shape index (κ2) is 2.23. The number of hydrogen-bond donors (Lipinski definition) is 1. The van der Waals surface area contributed by atoms with Gasteiger partial charge in [-0.2, -0.15) is 0 Å². The molecule has 0 radical (unpaired) electrons. The fraction of sp³-hybridized carbons (Fsp3) is 0.400. The molecule has 1 heterocycles. The maximum atomic E-state index is 6.63. The second-order valence-corrected chi connectivity index (χ2v) is 2.93. The van der Waals surface area contributed by atoms with Crippen LogP contribution in [0.3, 0.4) is 0 Å². The van der Waals surface area contributed by atoms with Crippen LogP contribution in [0.15, 0.2) is 5.11 Å². The summed E-state index contributed by atoms with van der Waals surface area (Å²) in [4.78, 5) is 5.13. The van der Waals surface area contributed by atoms with Crippen LogP contribution >= 0.6 is 11.3 Å². The number of nitrogens with one attached hydrogen (secondary N) is 1. The molecule has 0 spiro atoms. The van der Waals surface area contributed by atoms with Crippen LogP contribution in [0.25, 0.3) is 0 Å². The predicted octanol–water partition coefficient (Wildman–Crippen LogP) is 2.42. The Bertz CT molecular complexity index is 209. The van der Waals surface area contributed by atoms with Crippen LogP contribution in [0, 0.1) is 19.4 Å². The minimum atomic E-state index is 0.546. The average Bonchev–Trinajstić information content (AvgIpc) is 2.13. The van der Waals surface area contributed by atoms with Crippen molar-refractivity contribution in [2.24, 2.45) is 5.11 Å². The number of hydrogen-bond acceptors (Lipinski definition) is 4. The molecule has 0 fully saturated rings. The van der Waals surface area contributed by atoms with Gasteiger partial charge in [0, 0.05) is 4.88 Å². The highest BCUT2D eigenvalue weighted by atomic mass is 32.1. The Morgan fingerprint density at radius 3 is 2.44 bits per heavy atom. The van der Waals surface area contributed by atoms with Gasteiger partial charge < -0.3 is 0 Å². The van der Waals surface area contributed by atoms with Gasteiger partial charge in [0.05, 0.1) is 5.69 Å². The van der Waals surface area contributed by atoms with Gasteiger partial charge >= 0.3 is 0 Å². The number of thiazole rings is 1. The van der Waals surface area contributed by atoms with Crippen molar-refractivity contribution >= 4 is 16.5 Å². The molecule has 0 saturated carbocycles. The summed E-state index contributed by atoms with van der Waals surface area (Å²) in [5.74, 6) is 0. The predicted molar refractivity (Wildman–Crippen MR) is 36.4 cm³/mol. The molecule has 48 valence electrons. The van der Waals surface area contributed by atoms with E-state index >= 15 is 0 Å². The van der Waals surface area contributed by atoms with Crippen molar-refractivity contribution in [1.29, 1.82) is 5.53 Å². The molecule has 1 aromatic heterocycles. The van der Waals surface area contributed by atoms with Crippen molar-refractivity contribution in [3.8, 4) is 0 Å². The maximum absolute atomic E-state index is 6.63. The molecule has 0 aliphatic heterocycles. The molecule has 0 amide bonds. The fourth-order valence-corrected chi connectivity index (χ4v) is 1.20. The van der Waals surface area contributed by atoms with Crippen molar-refractivity contribution in [2.75, 3.05) is 0 Å². The highest BCUT2D eigenvalue weighted by Crippen LogP contribution is 2.22. The van der Waals surface area contributed by atoms with Gasteiger partial charge in [-0.25, -0.2) is 10.5 Å². The first-order valence-corrected chi connectivity index (χ1v) is 3.37. The van der Waals surface area contributed by atoms with Gasteiger partial charge in [0.2, 0.25) is 5.13 Å². The van der Waals surface area contributed by atoms with Gasteiger partial charge in [-0.05, 0) is 13.8 Å². The zero-order valence-corrected chi connectivity index (χ0v) is 6.12. The topological polar surface area (TPSA) is 49.1 Å². The molecule has 9 heavy (non-hydrogen) atoms. The van der Waals surface area contributed by atoms with Crippen LogP contribution in [0.5, 0.6) is 0 Å². The van der Waals surface area contributed by atoms with E-state index in [1.54, 1.807) is 0 Å². The normalized spacial score (nSPS) is 9.56. The number of rotatable bonds is 1. The van der Waals surface area contributed by atoms with Gasteiger partial charge in [-0.15, -0.1) is 5.11 Å². The summed E-state index contributed by atoms with van der Waals surface area (Å²) < 4.78 is 0. The standard InChI is InChI=1S/C5H7N3S/c1-3-4(2)9-5(7-3)8-6/h6H,1-2H3. The lowest BCUT2D eigenvalue weighted by atomic mass is 10.4. The second-order valence-electron chi connectivity index (χ2n) is 1.75. The third kappa shape index (κ3) is 1.13. The molecule has 0 aliphatic carbocycles. The maximum Gasteiger partial charge on any atom is 0.229 e. The lowest BCUT2D eigenvalue weighted by Crippen LogP contribution is -1.69. The first kappa shape index (κ1) is 6.35. The number of aromatic nitrogens is 1. The molecule has 0 aliphatic rings. The minimum absolute atomic E-state index is 0.546. The summed E-state index contributed by atoms with van der Waals surface area (Å²) in [5.41, 5.74) is 7.60. The quantitative estimate of drug-likeness (QED) is 0.600. The number of aryl methyl sites for hydroxylation is 2. The lowest BCUT2D eigenvalue weighted by molar-refractivity contribution is 1.10. The molecule has 0 atom stereocenters. The van der Waals surface area contributed by atoms with E-state index in [4.69, 9.17) is 5.53 Å². The Morgan fingerprint density at radius 1 is 1.56 bits per heavy atom. The van der Waals surface area contributed by atoms with E-state index in [0.29, 0.717) is 5.13 Å². The molecule has 0 unspecified atom stereocenters. The summed E-state index contributed by atoms with van der Waals surface area (Å²) in [6.07, 6.45) is 0. The SMILES string of the molecule is Cc1nc(N=N)sc1C. The van der Waals surface area contributed by atoms with E-state index < -0.39 is 0 Å². The van der Waals surface area contributed by atoms with Crippen molar-refractivity contribution in [3.63, 3.8) is 0 Å². The molecule has 0 aromatic carbocycles. The summed E-state index contributed by atoms with van der Waals surface area (Å²) in [6.45, 7) is 3.89. The van der Waals surface area contributed by atoms with E-state index in [-0.39, 0.29) is 0 Å². The Kier molecular flexibility index (Phi) is 1.57. The molecule has 1 rings (SSSR count). The Balaban J connectivity index is 3.11. The molecule has 1 N–H and O–H groups in total. The van der Waals surface area contributed by atoms with Gasteiger partial charge in [0.1, 0.15) is 0 Å². The Labute approximate surface area is 57.3 Å². The minimum Gasteiger partial charge on any atom is -0.222 e. The molecular weight excluding hydrogens is 134 g/mol. The van der Waals surface area contributed by atoms with Crippen LogP contribution in [0.2, 0.25) is 0 Å². The fourth-order valence-electron chi connectivity index (χ4n) is 0.504. The molecule has 1 aromatic rings. The largest absolute Gasteiger partial charge is 0.229 e. The molecule has 0 saturated heterocycles. The molecule has 0 bridgehead atoms.